The van der Waals surface area contributed by atoms with E-state index in [9.17, 15) is 9.00 Å². The zero-order valence-corrected chi connectivity index (χ0v) is 11.8. The summed E-state index contributed by atoms with van der Waals surface area (Å²) in [7, 11) is -1.08. The number of aromatic nitrogens is 1. The largest absolute Gasteiger partial charge is 0.328 e. The molecule has 19 heavy (non-hydrogen) atoms. The average Bonchev–Trinajstić information content (AvgIpc) is 2.34. The van der Waals surface area contributed by atoms with Crippen LogP contribution in [0.2, 0.25) is 0 Å². The van der Waals surface area contributed by atoms with Gasteiger partial charge in [-0.25, -0.2) is 4.39 Å². The zero-order valence-electron chi connectivity index (χ0n) is 11.0. The molecule has 0 amide bonds. The number of hydrogen-bond donors (Lipinski definition) is 1. The molecule has 2 heterocycles. The van der Waals surface area contributed by atoms with Crippen LogP contribution in [0, 0.1) is 12.3 Å². The second-order valence-electron chi connectivity index (χ2n) is 5.48. The van der Waals surface area contributed by atoms with Gasteiger partial charge >= 0.3 is 0 Å². The first-order valence-electron chi connectivity index (χ1n) is 6.06. The molecule has 1 fully saturated rings. The van der Waals surface area contributed by atoms with Crippen LogP contribution in [-0.4, -0.2) is 19.7 Å². The van der Waals surface area contributed by atoms with E-state index < -0.39 is 26.8 Å². The molecule has 1 unspecified atom stereocenters. The monoisotopic (exact) mass is 281 g/mol. The quantitative estimate of drug-likeness (QED) is 0.799. The summed E-state index contributed by atoms with van der Waals surface area (Å²) in [6.07, 6.45) is 6.81. The highest BCUT2D eigenvalue weighted by molar-refractivity contribution is 7.86. The molecule has 1 aliphatic heterocycles. The first kappa shape index (κ1) is 14.0. The molecule has 0 saturated carbocycles. The van der Waals surface area contributed by atoms with Crippen LogP contribution in [0.1, 0.15) is 37.8 Å². The average molecular weight is 281 g/mol. The van der Waals surface area contributed by atoms with Crippen molar-refractivity contribution in [1.29, 1.82) is 0 Å². The van der Waals surface area contributed by atoms with Crippen LogP contribution < -0.4 is 5.56 Å². The second kappa shape index (κ2) is 4.61. The van der Waals surface area contributed by atoms with E-state index in [1.54, 1.807) is 13.8 Å². The fourth-order valence-corrected chi connectivity index (χ4v) is 3.96. The second-order valence-corrected chi connectivity index (χ2v) is 7.68. The maximum absolute atomic E-state index is 15.1. The van der Waals surface area contributed by atoms with Crippen LogP contribution in [0.15, 0.2) is 17.1 Å². The summed E-state index contributed by atoms with van der Waals surface area (Å²) >= 11 is 0. The highest BCUT2D eigenvalue weighted by Gasteiger charge is 2.46. The van der Waals surface area contributed by atoms with Gasteiger partial charge in [0.05, 0.1) is 5.56 Å². The third-order valence-electron chi connectivity index (χ3n) is 3.56. The highest BCUT2D eigenvalue weighted by Crippen LogP contribution is 2.42. The molecule has 1 aliphatic rings. The summed E-state index contributed by atoms with van der Waals surface area (Å²) in [5, 5.41) is 0. The highest BCUT2D eigenvalue weighted by atomic mass is 32.2. The molecule has 0 spiro atoms. The van der Waals surface area contributed by atoms with Crippen molar-refractivity contribution in [2.24, 2.45) is 0 Å². The molecular formula is C14H16FNO2S. The van der Waals surface area contributed by atoms with E-state index in [0.717, 1.165) is 0 Å². The van der Waals surface area contributed by atoms with Crippen LogP contribution in [-0.2, 0) is 16.5 Å². The van der Waals surface area contributed by atoms with E-state index in [1.165, 1.54) is 12.3 Å². The van der Waals surface area contributed by atoms with Gasteiger partial charge in [0, 0.05) is 39.5 Å². The van der Waals surface area contributed by atoms with Gasteiger partial charge in [0.2, 0.25) is 0 Å². The number of terminal acetylenes is 1. The number of halogens is 1. The van der Waals surface area contributed by atoms with Gasteiger partial charge in [0.1, 0.15) is 5.67 Å². The van der Waals surface area contributed by atoms with Crippen LogP contribution in [0.4, 0.5) is 4.39 Å². The first-order valence-corrected chi connectivity index (χ1v) is 7.38. The van der Waals surface area contributed by atoms with Crippen molar-refractivity contribution in [2.45, 2.75) is 37.1 Å². The minimum Gasteiger partial charge on any atom is -0.328 e. The number of pyridine rings is 1. The minimum absolute atomic E-state index is 0.0488. The summed E-state index contributed by atoms with van der Waals surface area (Å²) in [6.45, 7) is 3.52. The van der Waals surface area contributed by atoms with Gasteiger partial charge in [-0.2, -0.15) is 0 Å². The molecule has 3 nitrogen and oxygen atoms in total. The van der Waals surface area contributed by atoms with Gasteiger partial charge in [-0.05, 0) is 26.3 Å². The van der Waals surface area contributed by atoms with Crippen molar-refractivity contribution in [1.82, 2.24) is 4.98 Å². The Morgan fingerprint density at radius 1 is 1.53 bits per heavy atom. The number of aromatic amines is 1. The maximum atomic E-state index is 15.1. The maximum Gasteiger partial charge on any atom is 0.254 e. The third-order valence-corrected chi connectivity index (χ3v) is 5.51. The summed E-state index contributed by atoms with van der Waals surface area (Å²) in [6, 6.07) is 1.42. The number of hydrogen-bond acceptors (Lipinski definition) is 2. The SMILES string of the molecule is C#Cc1c[nH]c(=O)c([C@]2(F)CCS(=O)C(C)(C)C2)c1. The number of alkyl halides is 1. The fraction of sp³-hybridized carbons (Fsp3) is 0.500. The van der Waals surface area contributed by atoms with Gasteiger partial charge < -0.3 is 4.98 Å². The summed E-state index contributed by atoms with van der Waals surface area (Å²) in [4.78, 5) is 14.3. The molecule has 1 aromatic heterocycles. The lowest BCUT2D eigenvalue weighted by Gasteiger charge is -2.38. The Bertz CT molecular complexity index is 629. The van der Waals surface area contributed by atoms with Crippen molar-refractivity contribution in [3.05, 3.63) is 33.7 Å². The smallest absolute Gasteiger partial charge is 0.254 e. The van der Waals surface area contributed by atoms with Crippen LogP contribution in [0.25, 0.3) is 0 Å². The normalized spacial score (nSPS) is 29.7. The van der Waals surface area contributed by atoms with E-state index in [4.69, 9.17) is 6.42 Å². The van der Waals surface area contributed by atoms with Gasteiger partial charge in [0.15, 0.2) is 0 Å². The lowest BCUT2D eigenvalue weighted by Crippen LogP contribution is -2.45. The third kappa shape index (κ3) is 2.50. The van der Waals surface area contributed by atoms with Gasteiger partial charge in [-0.3, -0.25) is 9.00 Å². The molecule has 1 aromatic rings. The number of nitrogens with one attached hydrogen (secondary N) is 1. The molecule has 102 valence electrons. The zero-order chi connectivity index (χ0) is 14.3. The Kier molecular flexibility index (Phi) is 3.40. The predicted molar refractivity (Wildman–Crippen MR) is 74.1 cm³/mol. The lowest BCUT2D eigenvalue weighted by molar-refractivity contribution is 0.122. The van der Waals surface area contributed by atoms with Gasteiger partial charge in [0.25, 0.3) is 5.56 Å². The first-order chi connectivity index (χ1) is 8.78. The van der Waals surface area contributed by atoms with Crippen molar-refractivity contribution in [3.8, 4) is 12.3 Å². The molecule has 0 aromatic carbocycles. The molecule has 2 atom stereocenters. The minimum atomic E-state index is -1.77. The fourth-order valence-electron chi connectivity index (χ4n) is 2.50. The van der Waals surface area contributed by atoms with Gasteiger partial charge in [-0.1, -0.05) is 5.92 Å². The van der Waals surface area contributed by atoms with Crippen LogP contribution in [0.3, 0.4) is 0 Å². The Balaban J connectivity index is 2.49. The van der Waals surface area contributed by atoms with E-state index in [-0.39, 0.29) is 24.2 Å². The lowest BCUT2D eigenvalue weighted by atomic mass is 9.84. The summed E-state index contributed by atoms with van der Waals surface area (Å²) < 4.78 is 26.3. The Labute approximate surface area is 114 Å². The molecule has 0 aliphatic carbocycles. The van der Waals surface area contributed by atoms with Crippen LogP contribution in [0.5, 0.6) is 0 Å². The van der Waals surface area contributed by atoms with Crippen LogP contribution >= 0.6 is 0 Å². The van der Waals surface area contributed by atoms with E-state index in [2.05, 4.69) is 10.9 Å². The molecule has 5 heteroatoms. The number of H-pyrrole nitrogens is 1. The Hall–Kier alpha value is -1.41. The molecule has 2 rings (SSSR count). The molecule has 1 saturated heterocycles. The Morgan fingerprint density at radius 3 is 2.79 bits per heavy atom. The van der Waals surface area contributed by atoms with Crippen molar-refractivity contribution >= 4 is 10.8 Å². The van der Waals surface area contributed by atoms with Crippen molar-refractivity contribution in [2.75, 3.05) is 5.75 Å². The number of rotatable bonds is 1. The Morgan fingerprint density at radius 2 is 2.21 bits per heavy atom. The van der Waals surface area contributed by atoms with Gasteiger partial charge in [-0.15, -0.1) is 6.42 Å². The topological polar surface area (TPSA) is 49.9 Å². The standard InChI is InChI=1S/C14H16FNO2S/c1-4-10-7-11(12(17)16-8-10)14(15)5-6-19(18)13(2,3)9-14/h1,7-8H,5-6,9H2,2-3H3,(H,16,17)/t14-,19?/m0/s1. The summed E-state index contributed by atoms with van der Waals surface area (Å²) in [5.41, 5.74) is -1.74. The predicted octanol–water partition coefficient (Wildman–Crippen LogP) is 1.84. The van der Waals surface area contributed by atoms with E-state index in [0.29, 0.717) is 5.56 Å². The molecule has 1 N–H and O–H groups in total. The van der Waals surface area contributed by atoms with E-state index >= 15 is 4.39 Å². The molecule has 0 radical (unpaired) electrons. The summed E-state index contributed by atoms with van der Waals surface area (Å²) in [5.74, 6) is 2.64. The van der Waals surface area contributed by atoms with Crippen molar-refractivity contribution in [3.63, 3.8) is 0 Å². The van der Waals surface area contributed by atoms with Crippen molar-refractivity contribution < 1.29 is 8.60 Å². The molecule has 0 bridgehead atoms. The molecular weight excluding hydrogens is 265 g/mol. The van der Waals surface area contributed by atoms with E-state index in [1.807, 2.05) is 0 Å².